The van der Waals surface area contributed by atoms with Gasteiger partial charge in [-0.1, -0.05) is 44.0 Å². The number of amides is 1. The number of rotatable bonds is 1. The predicted molar refractivity (Wildman–Crippen MR) is 181 cm³/mol. The molecule has 0 radical (unpaired) electrons. The number of nitrogens with one attached hydrogen (secondary N) is 1. The molecule has 2 aromatic rings. The van der Waals surface area contributed by atoms with E-state index in [1.165, 1.54) is 11.1 Å². The summed E-state index contributed by atoms with van der Waals surface area (Å²) >= 11 is 6.39. The Hall–Kier alpha value is -2.35. The molecule has 0 aromatic heterocycles. The molecule has 8 heteroatoms. The zero-order chi connectivity index (χ0) is 31.4. The monoisotopic (exact) mass is 640 g/mol. The number of allylic oxidation sites excluding steroid dienone is 1. The Labute approximate surface area is 271 Å². The average Bonchev–Trinajstić information content (AvgIpc) is 3.15. The molecule has 1 saturated carbocycles. The van der Waals surface area contributed by atoms with Crippen molar-refractivity contribution in [1.82, 2.24) is 4.72 Å². The number of hydrogen-bond acceptors (Lipinski definition) is 5. The van der Waals surface area contributed by atoms with Gasteiger partial charge in [0.2, 0.25) is 0 Å². The van der Waals surface area contributed by atoms with E-state index in [2.05, 4.69) is 42.2 Å². The molecule has 2 heterocycles. The van der Waals surface area contributed by atoms with Crippen LogP contribution in [0.1, 0.15) is 93.6 Å². The Kier molecular flexibility index (Phi) is 10.8. The zero-order valence-electron chi connectivity index (χ0n) is 26.5. The summed E-state index contributed by atoms with van der Waals surface area (Å²) in [6, 6.07) is 11.9. The van der Waals surface area contributed by atoms with Gasteiger partial charge in [-0.15, -0.1) is 6.58 Å². The van der Waals surface area contributed by atoms with Crippen LogP contribution in [0.15, 0.2) is 49.1 Å². The number of benzene rings is 2. The molecule has 6 nitrogen and oxygen atoms in total. The van der Waals surface area contributed by atoms with E-state index in [-0.39, 0.29) is 34.5 Å². The summed E-state index contributed by atoms with van der Waals surface area (Å²) in [6.45, 7) is 11.7. The minimum atomic E-state index is -1.50. The normalized spacial score (nSPS) is 31.9. The molecule has 2 aliphatic heterocycles. The van der Waals surface area contributed by atoms with Gasteiger partial charge in [0, 0.05) is 29.1 Å². The third-order valence-corrected chi connectivity index (χ3v) is 12.3. The van der Waals surface area contributed by atoms with Gasteiger partial charge in [0.25, 0.3) is 5.91 Å². The maximum absolute atomic E-state index is 13.3. The first kappa shape index (κ1) is 33.0. The fourth-order valence-electron chi connectivity index (χ4n) is 7.42. The van der Waals surface area contributed by atoms with Crippen LogP contribution in [0.4, 0.5) is 5.69 Å². The van der Waals surface area contributed by atoms with Gasteiger partial charge < -0.3 is 14.7 Å². The van der Waals surface area contributed by atoms with Crippen molar-refractivity contribution in [2.45, 2.75) is 95.3 Å². The molecule has 1 amide bonds. The van der Waals surface area contributed by atoms with E-state index in [0.717, 1.165) is 87.3 Å². The summed E-state index contributed by atoms with van der Waals surface area (Å²) < 4.78 is 22.4. The minimum absolute atomic E-state index is 0.175. The van der Waals surface area contributed by atoms with Crippen LogP contribution in [0.5, 0.6) is 5.75 Å². The Morgan fingerprint density at radius 3 is 2.68 bits per heavy atom. The Bertz CT molecular complexity index is 1370. The molecule has 240 valence electrons. The maximum atomic E-state index is 13.3. The molecule has 1 spiro atoms. The Morgan fingerprint density at radius 2 is 1.95 bits per heavy atom. The number of ether oxygens (including phenoxy) is 1. The Morgan fingerprint density at radius 1 is 1.16 bits per heavy atom. The standard InChI is InChI=1S/C32H41ClN2O4S.C4H8/c1-20-5-3-7-29(36)26-11-8-24(26)17-35-18-32(14-4-6-22-15-25(33)10-12-27(22)32)19-39-30-13-9-23(16-28(30)35)31(37)34-40(38)21(20)2;1-3-4-2/h9-10,12-13,15-16,20-21,24,26,29,36H,3-8,11,14,17-19H2,1-2H3,(H,34,37);3H,1,4H2,2H3/t20?,21?,24?,26?,29?,32-,40?;/m0./s1. The van der Waals surface area contributed by atoms with Crippen molar-refractivity contribution in [2.75, 3.05) is 24.6 Å². The van der Waals surface area contributed by atoms with E-state index in [0.29, 0.717) is 18.1 Å². The highest BCUT2D eigenvalue weighted by atomic mass is 35.5. The largest absolute Gasteiger partial charge is 0.490 e. The summed E-state index contributed by atoms with van der Waals surface area (Å²) in [5, 5.41) is 11.8. The molecule has 0 saturated heterocycles. The van der Waals surface area contributed by atoms with Crippen LogP contribution >= 0.6 is 11.6 Å². The maximum Gasteiger partial charge on any atom is 0.263 e. The van der Waals surface area contributed by atoms with Gasteiger partial charge >= 0.3 is 0 Å². The number of halogens is 1. The first-order valence-electron chi connectivity index (χ1n) is 16.5. The van der Waals surface area contributed by atoms with Crippen molar-refractivity contribution in [1.29, 1.82) is 0 Å². The lowest BCUT2D eigenvalue weighted by molar-refractivity contribution is 0.00857. The lowest BCUT2D eigenvalue weighted by Crippen LogP contribution is -2.49. The van der Waals surface area contributed by atoms with Gasteiger partial charge in [0.1, 0.15) is 16.7 Å². The van der Waals surface area contributed by atoms with Crippen molar-refractivity contribution >= 4 is 34.2 Å². The fourth-order valence-corrected chi connectivity index (χ4v) is 8.66. The van der Waals surface area contributed by atoms with E-state index in [9.17, 15) is 14.1 Å². The predicted octanol–water partition coefficient (Wildman–Crippen LogP) is 7.38. The van der Waals surface area contributed by atoms with Crippen molar-refractivity contribution in [3.63, 3.8) is 0 Å². The molecule has 2 aromatic carbocycles. The van der Waals surface area contributed by atoms with Gasteiger partial charge in [-0.2, -0.15) is 0 Å². The highest BCUT2D eigenvalue weighted by molar-refractivity contribution is 7.84. The molecule has 44 heavy (non-hydrogen) atoms. The van der Waals surface area contributed by atoms with Crippen molar-refractivity contribution in [3.05, 3.63) is 70.8 Å². The second-order valence-electron chi connectivity index (χ2n) is 13.4. The first-order chi connectivity index (χ1) is 21.2. The SMILES string of the molecule is C=CCC.CC1CCCC(O)C2CCC2CN2C[C@@]3(CCCc4cc(Cl)ccc43)COc3ccc(cc32)C(=O)NS(=O)C1C. The summed E-state index contributed by atoms with van der Waals surface area (Å²) in [5.74, 6) is 1.30. The molecular formula is C36H49ClN2O4S. The molecular weight excluding hydrogens is 592 g/mol. The highest BCUT2D eigenvalue weighted by Crippen LogP contribution is 2.47. The van der Waals surface area contributed by atoms with Crippen molar-refractivity contribution < 1.29 is 18.8 Å². The molecule has 7 atom stereocenters. The summed E-state index contributed by atoms with van der Waals surface area (Å²) in [7, 11) is -1.50. The van der Waals surface area contributed by atoms with Gasteiger partial charge in [-0.25, -0.2) is 4.21 Å². The van der Waals surface area contributed by atoms with Crippen LogP contribution < -0.4 is 14.4 Å². The number of carbonyl (C=O) groups excluding carboxylic acids is 1. The van der Waals surface area contributed by atoms with E-state index >= 15 is 0 Å². The first-order valence-corrected chi connectivity index (χ1v) is 18.1. The number of aliphatic hydroxyl groups is 1. The second-order valence-corrected chi connectivity index (χ2v) is 15.4. The van der Waals surface area contributed by atoms with Gasteiger partial charge in [0.05, 0.1) is 23.6 Å². The smallest absolute Gasteiger partial charge is 0.263 e. The second kappa shape index (κ2) is 14.4. The number of fused-ring (bicyclic) bond motifs is 4. The summed E-state index contributed by atoms with van der Waals surface area (Å²) in [4.78, 5) is 15.7. The van der Waals surface area contributed by atoms with Crippen LogP contribution in [0.2, 0.25) is 5.02 Å². The van der Waals surface area contributed by atoms with Gasteiger partial charge in [-0.05, 0) is 118 Å². The molecule has 2 bridgehead atoms. The molecule has 1 fully saturated rings. The van der Waals surface area contributed by atoms with E-state index in [4.69, 9.17) is 16.3 Å². The number of aryl methyl sites for hydroxylation is 1. The topological polar surface area (TPSA) is 78.9 Å². The van der Waals surface area contributed by atoms with E-state index in [1.54, 1.807) is 6.07 Å². The lowest BCUT2D eigenvalue weighted by Gasteiger charge is -2.46. The molecule has 6 unspecified atom stereocenters. The van der Waals surface area contributed by atoms with E-state index < -0.39 is 11.0 Å². The van der Waals surface area contributed by atoms with Crippen molar-refractivity contribution in [2.24, 2.45) is 17.8 Å². The fraction of sp³-hybridized carbons (Fsp3) is 0.583. The van der Waals surface area contributed by atoms with Crippen LogP contribution in [0.25, 0.3) is 0 Å². The van der Waals surface area contributed by atoms with Crippen LogP contribution in [-0.2, 0) is 22.8 Å². The molecule has 6 rings (SSSR count). The zero-order valence-corrected chi connectivity index (χ0v) is 28.1. The number of aliphatic hydroxyl groups excluding tert-OH is 1. The quantitative estimate of drug-likeness (QED) is 0.318. The number of hydrogen-bond donors (Lipinski definition) is 2. The highest BCUT2D eigenvalue weighted by Gasteiger charge is 2.44. The third-order valence-electron chi connectivity index (χ3n) is 10.5. The number of nitrogens with zero attached hydrogens (tertiary/aromatic N) is 1. The number of anilines is 1. The molecule has 2 aliphatic carbocycles. The molecule has 4 aliphatic rings. The lowest BCUT2D eigenvalue weighted by atomic mass is 9.68. The van der Waals surface area contributed by atoms with Gasteiger partial charge in [0.15, 0.2) is 0 Å². The summed E-state index contributed by atoms with van der Waals surface area (Å²) in [5.41, 5.74) is 3.82. The molecule has 2 N–H and O–H groups in total. The third kappa shape index (κ3) is 7.05. The van der Waals surface area contributed by atoms with Crippen LogP contribution in [0.3, 0.4) is 0 Å². The Balaban J connectivity index is 0.000000906. The summed E-state index contributed by atoms with van der Waals surface area (Å²) in [6.07, 6.45) is 10.4. The van der Waals surface area contributed by atoms with E-state index in [1.807, 2.05) is 31.2 Å². The van der Waals surface area contributed by atoms with Crippen LogP contribution in [0, 0.1) is 17.8 Å². The average molecular weight is 641 g/mol. The van der Waals surface area contributed by atoms with Gasteiger partial charge in [-0.3, -0.25) is 9.52 Å². The number of carbonyl (C=O) groups is 1. The minimum Gasteiger partial charge on any atom is -0.490 e. The van der Waals surface area contributed by atoms with Crippen molar-refractivity contribution in [3.8, 4) is 5.75 Å². The van der Waals surface area contributed by atoms with Crippen LogP contribution in [-0.4, -0.2) is 46.3 Å².